The number of fused-ring (bicyclic) bond motifs is 2. The highest BCUT2D eigenvalue weighted by Crippen LogP contribution is 2.32. The molecule has 2 aromatic heterocycles. The molecule has 6 heterocycles. The first-order valence-electron chi connectivity index (χ1n) is 26.8. The van der Waals surface area contributed by atoms with Crippen molar-refractivity contribution in [2.45, 2.75) is 96.1 Å². The molecule has 0 saturated carbocycles. The van der Waals surface area contributed by atoms with Crippen molar-refractivity contribution in [1.82, 2.24) is 34.9 Å². The minimum Gasteiger partial charge on any atom is -0.477 e. The molecule has 0 bridgehead atoms. The molecule has 4 aliphatic heterocycles. The van der Waals surface area contributed by atoms with Crippen molar-refractivity contribution in [3.05, 3.63) is 114 Å². The number of H-pyrrole nitrogens is 2. The molecular weight excluding hydrogens is 883 g/mol. The fourth-order valence-electron chi connectivity index (χ4n) is 10.7. The molecule has 6 aromatic rings. The molecule has 0 aliphatic carbocycles. The van der Waals surface area contributed by atoms with Gasteiger partial charge in [-0.25, -0.2) is 4.79 Å². The minimum atomic E-state index is -0.944. The molecule has 0 atom stereocenters. The summed E-state index contributed by atoms with van der Waals surface area (Å²) in [4.78, 5) is 42.9. The third-order valence-corrected chi connectivity index (χ3v) is 15.3. The second kappa shape index (κ2) is 25.7. The van der Waals surface area contributed by atoms with Gasteiger partial charge >= 0.3 is 5.97 Å². The van der Waals surface area contributed by atoms with E-state index in [1.54, 1.807) is 6.07 Å². The Hall–Kier alpha value is -5.50. The maximum atomic E-state index is 13.1. The number of carbonyl (C=O) groups is 2. The number of piperidine rings is 2. The molecular formula is C59H81N9O3. The quantitative estimate of drug-likeness (QED) is 0.0811. The number of amides is 1. The van der Waals surface area contributed by atoms with E-state index in [1.165, 1.54) is 134 Å². The average Bonchev–Trinajstić information content (AvgIpc) is 3.83. The van der Waals surface area contributed by atoms with E-state index < -0.39 is 5.97 Å². The van der Waals surface area contributed by atoms with Crippen LogP contribution in [0.3, 0.4) is 0 Å². The maximum absolute atomic E-state index is 13.1. The van der Waals surface area contributed by atoms with Crippen LogP contribution in [0.2, 0.25) is 0 Å². The Morgan fingerprint density at radius 3 is 1.46 bits per heavy atom. The van der Waals surface area contributed by atoms with Crippen LogP contribution in [0.15, 0.2) is 97.1 Å². The van der Waals surface area contributed by atoms with Gasteiger partial charge in [-0.05, 0) is 156 Å². The second-order valence-electron chi connectivity index (χ2n) is 20.8. The molecule has 0 radical (unpaired) electrons. The summed E-state index contributed by atoms with van der Waals surface area (Å²) < 4.78 is 0. The highest BCUT2D eigenvalue weighted by atomic mass is 16.4. The van der Waals surface area contributed by atoms with Crippen molar-refractivity contribution in [3.8, 4) is 22.3 Å². The van der Waals surface area contributed by atoms with E-state index in [-0.39, 0.29) is 17.6 Å². The van der Waals surface area contributed by atoms with Crippen LogP contribution < -0.4 is 16.0 Å². The summed E-state index contributed by atoms with van der Waals surface area (Å²) >= 11 is 0. The molecule has 71 heavy (non-hydrogen) atoms. The van der Waals surface area contributed by atoms with E-state index in [0.717, 1.165) is 76.7 Å². The van der Waals surface area contributed by atoms with Crippen molar-refractivity contribution in [1.29, 1.82) is 0 Å². The smallest absolute Gasteiger partial charge is 0.352 e. The van der Waals surface area contributed by atoms with Crippen LogP contribution in [0.25, 0.3) is 44.1 Å². The molecule has 12 heteroatoms. The number of aromatic carboxylic acids is 1. The van der Waals surface area contributed by atoms with Gasteiger partial charge in [0.25, 0.3) is 5.91 Å². The van der Waals surface area contributed by atoms with Crippen LogP contribution in [-0.2, 0) is 0 Å². The predicted octanol–water partition coefficient (Wildman–Crippen LogP) is 10.1. The van der Waals surface area contributed by atoms with E-state index in [9.17, 15) is 9.59 Å². The number of benzene rings is 4. The first-order valence-corrected chi connectivity index (χ1v) is 26.8. The van der Waals surface area contributed by atoms with Crippen LogP contribution in [-0.4, -0.2) is 151 Å². The number of aromatic amines is 2. The number of carboxylic acids is 1. The van der Waals surface area contributed by atoms with Crippen molar-refractivity contribution in [2.75, 3.05) is 97.5 Å². The lowest BCUT2D eigenvalue weighted by atomic mass is 10.0. The van der Waals surface area contributed by atoms with Gasteiger partial charge in [-0.3, -0.25) is 4.79 Å². The van der Waals surface area contributed by atoms with Gasteiger partial charge in [0.1, 0.15) is 11.4 Å². The lowest BCUT2D eigenvalue weighted by Crippen LogP contribution is -2.46. The Balaban J connectivity index is 0.000000156. The largest absolute Gasteiger partial charge is 0.477 e. The Morgan fingerprint density at radius 1 is 0.577 bits per heavy atom. The molecule has 6 N–H and O–H groups in total. The number of rotatable bonds is 12. The Labute approximate surface area is 422 Å². The lowest BCUT2D eigenvalue weighted by Gasteiger charge is -2.33. The number of carboxylic acid groups (broad SMARTS) is 1. The molecule has 380 valence electrons. The van der Waals surface area contributed by atoms with Crippen LogP contribution in [0.1, 0.15) is 104 Å². The zero-order valence-electron chi connectivity index (χ0n) is 42.9. The molecule has 4 aromatic carbocycles. The molecule has 4 aliphatic rings. The second-order valence-corrected chi connectivity index (χ2v) is 20.8. The van der Waals surface area contributed by atoms with Gasteiger partial charge < -0.3 is 50.6 Å². The summed E-state index contributed by atoms with van der Waals surface area (Å²) in [7, 11) is 4.00. The Kier molecular flexibility index (Phi) is 18.8. The van der Waals surface area contributed by atoms with Crippen LogP contribution >= 0.6 is 0 Å². The number of nitrogens with one attached hydrogen (secondary N) is 3. The summed E-state index contributed by atoms with van der Waals surface area (Å²) in [5.41, 5.74) is 15.4. The maximum Gasteiger partial charge on any atom is 0.352 e. The van der Waals surface area contributed by atoms with Crippen LogP contribution in [0.5, 0.6) is 0 Å². The summed E-state index contributed by atoms with van der Waals surface area (Å²) in [6.07, 6.45) is 15.6. The minimum absolute atomic E-state index is 0.00840. The molecule has 4 saturated heterocycles. The molecule has 1 amide bonds. The van der Waals surface area contributed by atoms with Gasteiger partial charge in [0.15, 0.2) is 0 Å². The lowest BCUT2D eigenvalue weighted by molar-refractivity contribution is 0.0691. The molecule has 4 fully saturated rings. The van der Waals surface area contributed by atoms with Crippen molar-refractivity contribution in [2.24, 2.45) is 5.73 Å². The number of carbonyl (C=O) groups excluding carboxylic acids is 1. The highest BCUT2D eigenvalue weighted by Gasteiger charge is 2.23. The fraction of sp³-hybridized carbons (Fsp3) is 0.492. The molecule has 12 nitrogen and oxygen atoms in total. The number of nitrogens with two attached hydrogens (primary N) is 1. The number of aromatic nitrogens is 2. The number of aryl methyl sites for hydroxylation is 1. The Bertz CT molecular complexity index is 2570. The number of hydrogen-bond acceptors (Lipinski definition) is 8. The average molecular weight is 964 g/mol. The third kappa shape index (κ3) is 14.8. The molecule has 0 unspecified atom stereocenters. The topological polar surface area (TPSA) is 140 Å². The van der Waals surface area contributed by atoms with Crippen molar-refractivity contribution < 1.29 is 14.7 Å². The van der Waals surface area contributed by atoms with Gasteiger partial charge in [0, 0.05) is 92.9 Å². The van der Waals surface area contributed by atoms with E-state index >= 15 is 0 Å². The van der Waals surface area contributed by atoms with Gasteiger partial charge in [0.2, 0.25) is 0 Å². The number of likely N-dealkylation sites (tertiary alicyclic amines) is 4. The van der Waals surface area contributed by atoms with Crippen molar-refractivity contribution in [3.63, 3.8) is 0 Å². The zero-order valence-corrected chi connectivity index (χ0v) is 42.9. The first-order chi connectivity index (χ1) is 34.6. The number of anilines is 1. The molecule has 10 rings (SSSR count). The monoisotopic (exact) mass is 964 g/mol. The summed E-state index contributed by atoms with van der Waals surface area (Å²) in [6, 6.07) is 33.3. The predicted molar refractivity (Wildman–Crippen MR) is 294 cm³/mol. The Morgan fingerprint density at radius 2 is 1.00 bits per heavy atom. The van der Waals surface area contributed by atoms with Crippen molar-refractivity contribution >= 4 is 39.4 Å². The van der Waals surface area contributed by atoms with Gasteiger partial charge in [-0.1, -0.05) is 91.9 Å². The highest BCUT2D eigenvalue weighted by molar-refractivity contribution is 6.03. The summed E-state index contributed by atoms with van der Waals surface area (Å²) in [5, 5.41) is 14.4. The summed E-state index contributed by atoms with van der Waals surface area (Å²) in [5.74, 6) is -0.936. The van der Waals surface area contributed by atoms with Crippen LogP contribution in [0, 0.1) is 6.92 Å². The van der Waals surface area contributed by atoms with Gasteiger partial charge in [-0.2, -0.15) is 0 Å². The third-order valence-electron chi connectivity index (χ3n) is 15.3. The van der Waals surface area contributed by atoms with E-state index in [0.29, 0.717) is 11.7 Å². The van der Waals surface area contributed by atoms with Gasteiger partial charge in [-0.15, -0.1) is 0 Å². The first kappa shape index (κ1) is 51.8. The van der Waals surface area contributed by atoms with Crippen LogP contribution in [0.4, 0.5) is 5.69 Å². The van der Waals surface area contributed by atoms with Gasteiger partial charge in [0.05, 0.1) is 0 Å². The van der Waals surface area contributed by atoms with E-state index in [2.05, 4.69) is 102 Å². The zero-order chi connectivity index (χ0) is 49.5. The van der Waals surface area contributed by atoms with E-state index in [4.69, 9.17) is 10.8 Å². The van der Waals surface area contributed by atoms with E-state index in [1.807, 2.05) is 49.3 Å². The number of nitrogens with zero attached hydrogens (tertiary/aromatic N) is 5. The molecule has 0 spiro atoms. The fourth-order valence-corrected chi connectivity index (χ4v) is 10.7. The standard InChI is InChI=1S/C29H38N4O.C17H16N2O2.C13H27N3/c1-22-9-11-23(12-10-22)25-7-6-8-27-26(25)21-28(31-27)29(34)30-24-13-17-33(18-14-24)20-19-32-15-4-2-3-5-16-32;1-19(2)12-8-6-11(7-9-12)13-4-3-5-15-14(13)10-16(18-15)17(20)21;14-13-5-9-16(10-6-13)12-11-15-7-3-1-2-4-8-15/h6-12,21,24,31H,2-5,13-20H2,1H3,(H,30,34);3-10,18H,1-2H3,(H,20,21);13H,1-12,14H2. The summed E-state index contributed by atoms with van der Waals surface area (Å²) in [6.45, 7) is 16.7. The number of hydrogen-bond donors (Lipinski definition) is 5. The normalized spacial score (nSPS) is 18.2. The SMILES string of the molecule is CN(C)c1ccc(-c2cccc3[nH]c(C(=O)O)cc23)cc1.Cc1ccc(-c2cccc3[nH]c(C(=O)NC4CCN(CCN5CCCCCC5)CC4)cc23)cc1.NC1CCN(CCN2CCCCCC2)CC1.